The van der Waals surface area contributed by atoms with E-state index in [9.17, 15) is 5.11 Å². The zero-order chi connectivity index (χ0) is 13.1. The first-order valence-corrected chi connectivity index (χ1v) is 7.14. The SMILES string of the molecule is OC(c1ccc(Cc2ccccc2)cc1)C1CCC1. The topological polar surface area (TPSA) is 20.2 Å². The average Bonchev–Trinajstić information content (AvgIpc) is 2.39. The van der Waals surface area contributed by atoms with Gasteiger partial charge in [0.25, 0.3) is 0 Å². The minimum atomic E-state index is -0.264. The van der Waals surface area contributed by atoms with Crippen LogP contribution in [-0.4, -0.2) is 5.11 Å². The van der Waals surface area contributed by atoms with E-state index in [1.54, 1.807) is 0 Å². The molecule has 1 fully saturated rings. The summed E-state index contributed by atoms with van der Waals surface area (Å²) >= 11 is 0. The molecule has 0 radical (unpaired) electrons. The van der Waals surface area contributed by atoms with Crippen LogP contribution in [0.25, 0.3) is 0 Å². The summed E-state index contributed by atoms with van der Waals surface area (Å²) in [5, 5.41) is 10.2. The van der Waals surface area contributed by atoms with Gasteiger partial charge in [-0.1, -0.05) is 61.0 Å². The maximum atomic E-state index is 10.2. The molecule has 1 saturated carbocycles. The number of hydrogen-bond donors (Lipinski definition) is 1. The molecule has 1 atom stereocenters. The van der Waals surface area contributed by atoms with Gasteiger partial charge in [-0.3, -0.25) is 0 Å². The van der Waals surface area contributed by atoms with Gasteiger partial charge in [-0.2, -0.15) is 0 Å². The van der Waals surface area contributed by atoms with E-state index in [1.807, 2.05) is 6.07 Å². The van der Waals surface area contributed by atoms with E-state index < -0.39 is 0 Å². The van der Waals surface area contributed by atoms with Crippen LogP contribution in [0.15, 0.2) is 54.6 Å². The van der Waals surface area contributed by atoms with E-state index in [2.05, 4.69) is 48.5 Å². The molecule has 2 aromatic carbocycles. The summed E-state index contributed by atoms with van der Waals surface area (Å²) in [7, 11) is 0. The van der Waals surface area contributed by atoms with Gasteiger partial charge in [-0.25, -0.2) is 0 Å². The van der Waals surface area contributed by atoms with Crippen molar-refractivity contribution in [2.24, 2.45) is 5.92 Å². The first-order chi connectivity index (χ1) is 9.33. The molecule has 1 heteroatoms. The van der Waals surface area contributed by atoms with E-state index >= 15 is 0 Å². The molecule has 1 unspecified atom stereocenters. The van der Waals surface area contributed by atoms with Crippen LogP contribution in [0.2, 0.25) is 0 Å². The zero-order valence-corrected chi connectivity index (χ0v) is 11.1. The van der Waals surface area contributed by atoms with Crippen LogP contribution in [-0.2, 0) is 6.42 Å². The fraction of sp³-hybridized carbons (Fsp3) is 0.333. The van der Waals surface area contributed by atoms with Crippen LogP contribution in [0.3, 0.4) is 0 Å². The molecule has 0 spiro atoms. The standard InChI is InChI=1S/C18H20O/c19-18(16-7-4-8-16)17-11-9-15(10-12-17)13-14-5-2-1-3-6-14/h1-3,5-6,9-12,16,18-19H,4,7-8,13H2. The van der Waals surface area contributed by atoms with Crippen molar-refractivity contribution in [3.05, 3.63) is 71.3 Å². The van der Waals surface area contributed by atoms with Crippen molar-refractivity contribution in [1.82, 2.24) is 0 Å². The molecule has 0 aliphatic heterocycles. The first kappa shape index (κ1) is 12.4. The minimum Gasteiger partial charge on any atom is -0.388 e. The number of aliphatic hydroxyl groups is 1. The zero-order valence-electron chi connectivity index (χ0n) is 11.1. The molecule has 98 valence electrons. The second-order valence-corrected chi connectivity index (χ2v) is 5.54. The van der Waals surface area contributed by atoms with Gasteiger partial charge < -0.3 is 5.11 Å². The lowest BCUT2D eigenvalue weighted by Crippen LogP contribution is -2.19. The Morgan fingerprint density at radius 3 is 2.11 bits per heavy atom. The molecule has 0 saturated heterocycles. The van der Waals surface area contributed by atoms with E-state index in [-0.39, 0.29) is 6.10 Å². The summed E-state index contributed by atoms with van der Waals surface area (Å²) in [6, 6.07) is 18.9. The highest BCUT2D eigenvalue weighted by Crippen LogP contribution is 2.37. The second-order valence-electron chi connectivity index (χ2n) is 5.54. The summed E-state index contributed by atoms with van der Waals surface area (Å²) in [6.45, 7) is 0. The van der Waals surface area contributed by atoms with Gasteiger partial charge in [0.05, 0.1) is 6.10 Å². The van der Waals surface area contributed by atoms with Crippen molar-refractivity contribution in [3.63, 3.8) is 0 Å². The highest BCUT2D eigenvalue weighted by molar-refractivity contribution is 5.29. The maximum Gasteiger partial charge on any atom is 0.0818 e. The van der Waals surface area contributed by atoms with Crippen LogP contribution >= 0.6 is 0 Å². The lowest BCUT2D eigenvalue weighted by molar-refractivity contribution is 0.0621. The van der Waals surface area contributed by atoms with Gasteiger partial charge in [0, 0.05) is 0 Å². The molecular formula is C18H20O. The average molecular weight is 252 g/mol. The molecule has 1 aliphatic rings. The van der Waals surface area contributed by atoms with Gasteiger partial charge >= 0.3 is 0 Å². The molecule has 1 nitrogen and oxygen atoms in total. The molecule has 1 N–H and O–H groups in total. The normalized spacial score (nSPS) is 16.9. The van der Waals surface area contributed by atoms with Crippen molar-refractivity contribution in [1.29, 1.82) is 0 Å². The molecule has 3 rings (SSSR count). The van der Waals surface area contributed by atoms with E-state index in [1.165, 1.54) is 30.4 Å². The smallest absolute Gasteiger partial charge is 0.0818 e. The van der Waals surface area contributed by atoms with Crippen molar-refractivity contribution in [3.8, 4) is 0 Å². The summed E-state index contributed by atoms with van der Waals surface area (Å²) in [5.74, 6) is 0.486. The van der Waals surface area contributed by atoms with Crippen molar-refractivity contribution < 1.29 is 5.11 Å². The third-order valence-corrected chi connectivity index (χ3v) is 4.17. The maximum absolute atomic E-state index is 10.2. The van der Waals surface area contributed by atoms with Crippen LogP contribution in [0, 0.1) is 5.92 Å². The Morgan fingerprint density at radius 2 is 1.53 bits per heavy atom. The Labute approximate surface area is 114 Å². The second kappa shape index (κ2) is 5.58. The highest BCUT2D eigenvalue weighted by atomic mass is 16.3. The van der Waals surface area contributed by atoms with Crippen LogP contribution in [0.5, 0.6) is 0 Å². The van der Waals surface area contributed by atoms with Gasteiger partial charge in [0.2, 0.25) is 0 Å². The van der Waals surface area contributed by atoms with Gasteiger partial charge in [-0.15, -0.1) is 0 Å². The monoisotopic (exact) mass is 252 g/mol. The van der Waals surface area contributed by atoms with Crippen LogP contribution in [0.4, 0.5) is 0 Å². The van der Waals surface area contributed by atoms with Gasteiger partial charge in [0.15, 0.2) is 0 Å². The molecule has 19 heavy (non-hydrogen) atoms. The van der Waals surface area contributed by atoms with Crippen LogP contribution in [0.1, 0.15) is 42.1 Å². The fourth-order valence-corrected chi connectivity index (χ4v) is 2.69. The number of hydrogen-bond acceptors (Lipinski definition) is 1. The van der Waals surface area contributed by atoms with E-state index in [0.29, 0.717) is 5.92 Å². The molecule has 1 aliphatic carbocycles. The molecule has 2 aromatic rings. The summed E-state index contributed by atoms with van der Waals surface area (Å²) in [5.41, 5.74) is 3.70. The van der Waals surface area contributed by atoms with Crippen LogP contribution < -0.4 is 0 Å². The van der Waals surface area contributed by atoms with Crippen molar-refractivity contribution >= 4 is 0 Å². The highest BCUT2D eigenvalue weighted by Gasteiger charge is 2.26. The van der Waals surface area contributed by atoms with Gasteiger partial charge in [0.1, 0.15) is 0 Å². The predicted octanol–water partition coefficient (Wildman–Crippen LogP) is 4.11. The summed E-state index contributed by atoms with van der Waals surface area (Å²) in [6.07, 6.45) is 4.31. The largest absolute Gasteiger partial charge is 0.388 e. The third-order valence-electron chi connectivity index (χ3n) is 4.17. The van der Waals surface area contributed by atoms with E-state index in [4.69, 9.17) is 0 Å². The Bertz CT molecular complexity index is 511. The Morgan fingerprint density at radius 1 is 0.895 bits per heavy atom. The molecule has 0 bridgehead atoms. The molecule has 0 amide bonds. The Kier molecular flexibility index (Phi) is 3.65. The lowest BCUT2D eigenvalue weighted by atomic mass is 9.78. The quantitative estimate of drug-likeness (QED) is 0.868. The summed E-state index contributed by atoms with van der Waals surface area (Å²) < 4.78 is 0. The number of rotatable bonds is 4. The molecule has 0 heterocycles. The number of aliphatic hydroxyl groups excluding tert-OH is 1. The van der Waals surface area contributed by atoms with Crippen molar-refractivity contribution in [2.75, 3.05) is 0 Å². The molecular weight excluding hydrogens is 232 g/mol. The van der Waals surface area contributed by atoms with E-state index in [0.717, 1.165) is 12.0 Å². The lowest BCUT2D eigenvalue weighted by Gasteiger charge is -2.30. The number of benzene rings is 2. The summed E-state index contributed by atoms with van der Waals surface area (Å²) in [4.78, 5) is 0. The third kappa shape index (κ3) is 2.87. The predicted molar refractivity (Wildman–Crippen MR) is 78.0 cm³/mol. The van der Waals surface area contributed by atoms with Gasteiger partial charge in [-0.05, 0) is 41.9 Å². The Balaban J connectivity index is 1.68. The minimum absolute atomic E-state index is 0.264. The Hall–Kier alpha value is -1.60. The van der Waals surface area contributed by atoms with Crippen molar-refractivity contribution in [2.45, 2.75) is 31.8 Å². The first-order valence-electron chi connectivity index (χ1n) is 7.14. The fourth-order valence-electron chi connectivity index (χ4n) is 2.69. The molecule has 0 aromatic heterocycles.